The number of nitrogens with zero attached hydrogens (tertiary/aromatic N) is 3. The minimum atomic E-state index is -0.273. The molecule has 1 unspecified atom stereocenters. The van der Waals surface area contributed by atoms with Gasteiger partial charge in [0, 0.05) is 31.0 Å². The number of hydrogen-bond donors (Lipinski definition) is 2. The van der Waals surface area contributed by atoms with Crippen molar-refractivity contribution < 1.29 is 19.1 Å². The molecule has 0 saturated carbocycles. The van der Waals surface area contributed by atoms with Crippen molar-refractivity contribution in [1.29, 1.82) is 0 Å². The molecule has 2 N–H and O–H groups in total. The maximum Gasteiger partial charge on any atom is 0.316 e. The van der Waals surface area contributed by atoms with Gasteiger partial charge in [-0.15, -0.1) is 0 Å². The molecule has 4 rings (SSSR count). The van der Waals surface area contributed by atoms with Gasteiger partial charge in [-0.25, -0.2) is 9.97 Å². The van der Waals surface area contributed by atoms with Crippen LogP contribution in [0.5, 0.6) is 6.01 Å². The second-order valence-corrected chi connectivity index (χ2v) is 7.70. The smallest absolute Gasteiger partial charge is 0.316 e. The molecule has 1 aliphatic rings. The number of fused-ring (bicyclic) bond motifs is 1. The van der Waals surface area contributed by atoms with Gasteiger partial charge in [0.05, 0.1) is 37.6 Å². The number of nitrogens with one attached hydrogen (secondary N) is 2. The molecule has 9 heteroatoms. The fraction of sp³-hybridized carbons (Fsp3) is 0.333. The van der Waals surface area contributed by atoms with E-state index < -0.39 is 0 Å². The average molecular weight is 450 g/mol. The van der Waals surface area contributed by atoms with Gasteiger partial charge in [-0.1, -0.05) is 37.3 Å². The fourth-order valence-corrected chi connectivity index (χ4v) is 3.85. The van der Waals surface area contributed by atoms with Gasteiger partial charge >= 0.3 is 6.01 Å². The molecule has 3 heterocycles. The first-order valence-electron chi connectivity index (χ1n) is 10.9. The van der Waals surface area contributed by atoms with Crippen LogP contribution in [0, 0.1) is 0 Å². The normalized spacial score (nSPS) is 13.6. The summed E-state index contributed by atoms with van der Waals surface area (Å²) < 4.78 is 12.4. The van der Waals surface area contributed by atoms with E-state index in [0.717, 1.165) is 11.1 Å². The second-order valence-electron chi connectivity index (χ2n) is 7.70. The minimum absolute atomic E-state index is 0.234. The van der Waals surface area contributed by atoms with Gasteiger partial charge in [0.2, 0.25) is 0 Å². The summed E-state index contributed by atoms with van der Waals surface area (Å²) >= 11 is 0. The van der Waals surface area contributed by atoms with Crippen molar-refractivity contribution in [2.24, 2.45) is 0 Å². The van der Waals surface area contributed by atoms with Gasteiger partial charge in [0.25, 0.3) is 11.8 Å². The number of carbonyl (C=O) groups excluding carboxylic acids is 2. The van der Waals surface area contributed by atoms with E-state index >= 15 is 0 Å². The van der Waals surface area contributed by atoms with E-state index in [0.29, 0.717) is 43.1 Å². The fourth-order valence-electron chi connectivity index (χ4n) is 3.85. The number of aromatic nitrogens is 3. The summed E-state index contributed by atoms with van der Waals surface area (Å²) in [7, 11) is 1.50. The minimum Gasteiger partial charge on any atom is -0.467 e. The predicted octanol–water partition coefficient (Wildman–Crippen LogP) is 2.63. The Kier molecular flexibility index (Phi) is 6.99. The zero-order chi connectivity index (χ0) is 23.2. The van der Waals surface area contributed by atoms with Gasteiger partial charge in [-0.3, -0.25) is 9.59 Å². The summed E-state index contributed by atoms with van der Waals surface area (Å²) in [5, 5.41) is 5.98. The highest BCUT2D eigenvalue weighted by molar-refractivity contribution is 6.00. The summed E-state index contributed by atoms with van der Waals surface area (Å²) in [6.45, 7) is 3.65. The van der Waals surface area contributed by atoms with Crippen LogP contribution in [0.3, 0.4) is 0 Å². The Hall–Kier alpha value is -3.72. The number of carbonyl (C=O) groups is 2. The molecule has 3 aromatic rings. The average Bonchev–Trinajstić information content (AvgIpc) is 3.26. The summed E-state index contributed by atoms with van der Waals surface area (Å²) in [5.41, 5.74) is 3.38. The zero-order valence-electron chi connectivity index (χ0n) is 18.7. The summed E-state index contributed by atoms with van der Waals surface area (Å²) in [6.07, 6.45) is 3.94. The SMILES string of the molecule is CCC(NC(=O)c1cc(C(=O)NCc2ccccc2)c2n1CCOC2)c1cnc(OC)nc1. The number of amides is 2. The van der Waals surface area contributed by atoms with Crippen molar-refractivity contribution in [2.75, 3.05) is 13.7 Å². The third-order valence-corrected chi connectivity index (χ3v) is 5.63. The van der Waals surface area contributed by atoms with Crippen LogP contribution in [0.1, 0.15) is 57.1 Å². The number of rotatable bonds is 8. The topological polar surface area (TPSA) is 107 Å². The first-order valence-corrected chi connectivity index (χ1v) is 10.9. The third-order valence-electron chi connectivity index (χ3n) is 5.63. The molecule has 1 aromatic carbocycles. The Bertz CT molecular complexity index is 1110. The predicted molar refractivity (Wildman–Crippen MR) is 121 cm³/mol. The van der Waals surface area contributed by atoms with E-state index in [9.17, 15) is 9.59 Å². The van der Waals surface area contributed by atoms with Crippen LogP contribution in [0.4, 0.5) is 0 Å². The van der Waals surface area contributed by atoms with Crippen molar-refractivity contribution >= 4 is 11.8 Å². The first kappa shape index (κ1) is 22.5. The van der Waals surface area contributed by atoms with Gasteiger partial charge in [0.15, 0.2) is 0 Å². The zero-order valence-corrected chi connectivity index (χ0v) is 18.7. The van der Waals surface area contributed by atoms with E-state index in [2.05, 4.69) is 20.6 Å². The van der Waals surface area contributed by atoms with E-state index in [1.54, 1.807) is 18.5 Å². The molecule has 0 saturated heterocycles. The number of methoxy groups -OCH3 is 1. The lowest BCUT2D eigenvalue weighted by molar-refractivity contribution is 0.0775. The maximum absolute atomic E-state index is 13.2. The van der Waals surface area contributed by atoms with E-state index in [1.807, 2.05) is 41.8 Å². The monoisotopic (exact) mass is 449 g/mol. The van der Waals surface area contributed by atoms with Crippen LogP contribution in [0.15, 0.2) is 48.8 Å². The molecule has 0 radical (unpaired) electrons. The first-order chi connectivity index (χ1) is 16.1. The third kappa shape index (κ3) is 5.04. The largest absolute Gasteiger partial charge is 0.467 e. The van der Waals surface area contributed by atoms with Crippen LogP contribution in [0.25, 0.3) is 0 Å². The molecule has 172 valence electrons. The second kappa shape index (κ2) is 10.3. The van der Waals surface area contributed by atoms with Crippen molar-refractivity contribution in [3.8, 4) is 6.01 Å². The highest BCUT2D eigenvalue weighted by Crippen LogP contribution is 2.23. The Balaban J connectivity index is 1.53. The molecule has 0 bridgehead atoms. The molecule has 1 atom stereocenters. The van der Waals surface area contributed by atoms with Crippen LogP contribution in [-0.4, -0.2) is 40.1 Å². The number of ether oxygens (including phenoxy) is 2. The van der Waals surface area contributed by atoms with Gasteiger partial charge < -0.3 is 24.7 Å². The molecule has 9 nitrogen and oxygen atoms in total. The molecule has 0 fully saturated rings. The standard InChI is InChI=1S/C24H27N5O4/c1-3-19(17-13-26-24(32-2)27-14-17)28-23(31)20-11-18(21-15-33-10-9-29(20)21)22(30)25-12-16-7-5-4-6-8-16/h4-8,11,13-14,19H,3,9-10,12,15H2,1-2H3,(H,25,30)(H,28,31). The quantitative estimate of drug-likeness (QED) is 0.548. The molecule has 1 aliphatic heterocycles. The van der Waals surface area contributed by atoms with Crippen LogP contribution in [-0.2, 0) is 24.4 Å². The van der Waals surface area contributed by atoms with E-state index in [1.165, 1.54) is 7.11 Å². The number of benzene rings is 1. The molecule has 2 amide bonds. The summed E-state index contributed by atoms with van der Waals surface area (Å²) in [4.78, 5) is 34.4. The van der Waals surface area contributed by atoms with Crippen LogP contribution in [0.2, 0.25) is 0 Å². The molecular formula is C24H27N5O4. The van der Waals surface area contributed by atoms with E-state index in [4.69, 9.17) is 9.47 Å². The Morgan fingerprint density at radius 1 is 1.18 bits per heavy atom. The molecule has 0 aliphatic carbocycles. The van der Waals surface area contributed by atoms with Crippen molar-refractivity contribution in [3.05, 3.63) is 76.9 Å². The highest BCUT2D eigenvalue weighted by Gasteiger charge is 2.27. The van der Waals surface area contributed by atoms with Gasteiger partial charge in [-0.2, -0.15) is 0 Å². The lowest BCUT2D eigenvalue weighted by atomic mass is 10.1. The van der Waals surface area contributed by atoms with Crippen molar-refractivity contribution in [1.82, 2.24) is 25.2 Å². The Morgan fingerprint density at radius 2 is 1.94 bits per heavy atom. The Morgan fingerprint density at radius 3 is 2.64 bits per heavy atom. The summed E-state index contributed by atoms with van der Waals surface area (Å²) in [6, 6.07) is 11.3. The molecular weight excluding hydrogens is 422 g/mol. The van der Waals surface area contributed by atoms with Crippen molar-refractivity contribution in [2.45, 2.75) is 39.1 Å². The van der Waals surface area contributed by atoms with Crippen LogP contribution < -0.4 is 15.4 Å². The lowest BCUT2D eigenvalue weighted by Gasteiger charge is -2.21. The van der Waals surface area contributed by atoms with Crippen molar-refractivity contribution in [3.63, 3.8) is 0 Å². The maximum atomic E-state index is 13.2. The van der Waals surface area contributed by atoms with Crippen LogP contribution >= 0.6 is 0 Å². The summed E-state index contributed by atoms with van der Waals surface area (Å²) in [5.74, 6) is -0.495. The molecule has 0 spiro atoms. The molecule has 33 heavy (non-hydrogen) atoms. The lowest BCUT2D eigenvalue weighted by Crippen LogP contribution is -2.31. The molecule has 2 aromatic heterocycles. The van der Waals surface area contributed by atoms with Gasteiger partial charge in [0.1, 0.15) is 5.69 Å². The van der Waals surface area contributed by atoms with E-state index in [-0.39, 0.29) is 30.5 Å². The number of hydrogen-bond acceptors (Lipinski definition) is 6. The Labute approximate surface area is 192 Å². The highest BCUT2D eigenvalue weighted by atomic mass is 16.5. The van der Waals surface area contributed by atoms with Gasteiger partial charge in [-0.05, 0) is 18.1 Å².